The van der Waals surface area contributed by atoms with E-state index >= 15 is 0 Å². The highest BCUT2D eigenvalue weighted by molar-refractivity contribution is 6.68. The van der Waals surface area contributed by atoms with Gasteiger partial charge in [0, 0.05) is 83.7 Å². The van der Waals surface area contributed by atoms with E-state index in [0.29, 0.717) is 23.2 Å². The van der Waals surface area contributed by atoms with E-state index in [1.165, 1.54) is 69.3 Å². The molecular formula is C48H43ClF6N8O10. The fourth-order valence-corrected chi connectivity index (χ4v) is 6.93. The summed E-state index contributed by atoms with van der Waals surface area (Å²) < 4.78 is 105. The minimum Gasteiger partial charge on any atom is -0.493 e. The third kappa shape index (κ3) is 15.3. The van der Waals surface area contributed by atoms with Crippen LogP contribution in [0.5, 0.6) is 46.0 Å². The average molecular weight is 1040 g/mol. The number of amides is 3. The summed E-state index contributed by atoms with van der Waals surface area (Å²) in [4.78, 5) is 62.8. The van der Waals surface area contributed by atoms with Gasteiger partial charge < -0.3 is 50.9 Å². The highest BCUT2D eigenvalue weighted by atomic mass is 35.5. The molecule has 2 aliphatic carbocycles. The molecule has 2 saturated carbocycles. The van der Waals surface area contributed by atoms with Gasteiger partial charge in [-0.05, 0) is 84.8 Å². The molecule has 18 nitrogen and oxygen atoms in total. The number of nitrogens with two attached hydrogens (primary N) is 3. The number of nitrogen functional groups attached to an aromatic ring is 1. The molecule has 4 aromatic heterocycles. The van der Waals surface area contributed by atoms with Crippen molar-refractivity contribution in [2.75, 3.05) is 25.3 Å². The third-order valence-corrected chi connectivity index (χ3v) is 10.9. The molecule has 3 amide bonds. The molecule has 0 aliphatic heterocycles. The second-order valence-corrected chi connectivity index (χ2v) is 16.5. The summed E-state index contributed by atoms with van der Waals surface area (Å²) in [5, 5.41) is 1.87. The van der Waals surface area contributed by atoms with Crippen LogP contribution in [0.15, 0.2) is 97.6 Å². The maximum absolute atomic E-state index is 13.1. The van der Waals surface area contributed by atoms with Crippen LogP contribution >= 0.6 is 11.6 Å². The van der Waals surface area contributed by atoms with Crippen molar-refractivity contribution < 1.29 is 73.9 Å². The monoisotopic (exact) mass is 1040 g/mol. The first-order chi connectivity index (χ1) is 34.4. The van der Waals surface area contributed by atoms with Crippen LogP contribution in [0.2, 0.25) is 0 Å². The Morgan fingerprint density at radius 3 is 1.44 bits per heavy atom. The molecule has 0 spiro atoms. The maximum Gasteiger partial charge on any atom is 0.573 e. The second-order valence-electron chi connectivity index (χ2n) is 16.1. The molecule has 4 atom stereocenters. The number of rotatable bonds is 15. The normalized spacial score (nSPS) is 16.4. The van der Waals surface area contributed by atoms with Crippen molar-refractivity contribution in [3.8, 4) is 46.0 Å². The summed E-state index contributed by atoms with van der Waals surface area (Å²) in [6.07, 6.45) is -2.35. The molecule has 7 N–H and O–H groups in total. The molecule has 73 heavy (non-hydrogen) atoms. The first-order valence-electron chi connectivity index (χ1n) is 21.4. The van der Waals surface area contributed by atoms with Crippen LogP contribution in [-0.4, -0.2) is 69.8 Å². The standard InChI is InChI=1S/C24H21F3N4O5.C18H15ClF3NO4.C6H7N3O/c1-12-7-15(12)17-10-20(35-19-4-3-14(9-21(19)34-2)36-24(25,26)27)16(11-30-17)23(33)31-13-5-6-29-18(8-13)22(28)32;1-9-5-11(9)13-7-15(12(8-23-13)17(19)24)26-14-4-3-10(6-16(14)25-2)27-18(20,21)22;7-4-1-2-9-5(3-4)6(8)10/h3-6,8-12,15H,7H2,1-2H3,(H2,28,32)(H,29,31,33);3-4,6-9,11H,5H2,1-2H3;1-3H,(H2,7,9)(H2,8,10)/t12-,15?;9-,11?;/m00./s1. The van der Waals surface area contributed by atoms with Gasteiger partial charge in [-0.1, -0.05) is 13.8 Å². The number of hydrogen-bond donors (Lipinski definition) is 4. The topological polar surface area (TPSA) is 265 Å². The van der Waals surface area contributed by atoms with Crippen molar-refractivity contribution >= 4 is 45.9 Å². The Morgan fingerprint density at radius 1 is 0.603 bits per heavy atom. The minimum atomic E-state index is -4.87. The van der Waals surface area contributed by atoms with Crippen LogP contribution in [0.3, 0.4) is 0 Å². The van der Waals surface area contributed by atoms with Crippen LogP contribution in [0.4, 0.5) is 37.7 Å². The lowest BCUT2D eigenvalue weighted by Crippen LogP contribution is -2.17. The Kier molecular flexibility index (Phi) is 16.8. The van der Waals surface area contributed by atoms with Gasteiger partial charge in [-0.25, -0.2) is 0 Å². The van der Waals surface area contributed by atoms with Gasteiger partial charge in [0.2, 0.25) is 0 Å². The summed E-state index contributed by atoms with van der Waals surface area (Å²) in [5.74, 6) is -1.11. The summed E-state index contributed by atoms with van der Waals surface area (Å²) in [6.45, 7) is 4.14. The molecule has 6 aromatic rings. The van der Waals surface area contributed by atoms with Gasteiger partial charge in [-0.3, -0.25) is 39.1 Å². The van der Waals surface area contributed by atoms with Crippen LogP contribution in [-0.2, 0) is 0 Å². The van der Waals surface area contributed by atoms with E-state index in [1.54, 1.807) is 18.2 Å². The van der Waals surface area contributed by atoms with Crippen LogP contribution < -0.4 is 50.9 Å². The molecule has 0 bridgehead atoms. The number of nitrogens with zero attached hydrogens (tertiary/aromatic N) is 4. The van der Waals surface area contributed by atoms with E-state index in [0.717, 1.165) is 42.8 Å². The quantitative estimate of drug-likeness (QED) is 0.0551. The zero-order valence-corrected chi connectivity index (χ0v) is 39.5. The maximum atomic E-state index is 13.1. The number of carbonyl (C=O) groups excluding carboxylic acids is 4. The van der Waals surface area contributed by atoms with Gasteiger partial charge in [0.25, 0.3) is 23.0 Å². The fraction of sp³-hybridized carbons (Fsp3) is 0.250. The molecule has 0 radical (unpaired) electrons. The second kappa shape index (κ2) is 22.8. The van der Waals surface area contributed by atoms with Gasteiger partial charge >= 0.3 is 12.7 Å². The van der Waals surface area contributed by atoms with Crippen LogP contribution in [0.1, 0.15) is 91.6 Å². The number of alkyl halides is 6. The third-order valence-electron chi connectivity index (χ3n) is 10.7. The van der Waals surface area contributed by atoms with Crippen molar-refractivity contribution in [2.24, 2.45) is 23.3 Å². The smallest absolute Gasteiger partial charge is 0.493 e. The fourth-order valence-electron chi connectivity index (χ4n) is 6.78. The number of benzene rings is 2. The summed E-state index contributed by atoms with van der Waals surface area (Å²) in [6, 6.07) is 15.7. The number of aromatic nitrogens is 4. The molecule has 25 heteroatoms. The van der Waals surface area contributed by atoms with Crippen LogP contribution in [0.25, 0.3) is 0 Å². The predicted octanol–water partition coefficient (Wildman–Crippen LogP) is 9.70. The number of hydrogen-bond acceptors (Lipinski definition) is 15. The zero-order valence-electron chi connectivity index (χ0n) is 38.7. The first-order valence-corrected chi connectivity index (χ1v) is 21.8. The van der Waals surface area contributed by atoms with E-state index in [2.05, 4.69) is 48.6 Å². The van der Waals surface area contributed by atoms with Crippen molar-refractivity contribution in [1.82, 2.24) is 19.9 Å². The molecule has 2 aromatic carbocycles. The number of anilines is 2. The molecular weight excluding hydrogens is 998 g/mol. The lowest BCUT2D eigenvalue weighted by Gasteiger charge is -2.16. The first kappa shape index (κ1) is 53.9. The van der Waals surface area contributed by atoms with Crippen molar-refractivity contribution in [2.45, 2.75) is 51.2 Å². The number of halogens is 7. The van der Waals surface area contributed by atoms with E-state index in [1.807, 2.05) is 0 Å². The number of carbonyl (C=O) groups is 4. The summed E-state index contributed by atoms with van der Waals surface area (Å²) in [7, 11) is 2.54. The number of methoxy groups -OCH3 is 2. The van der Waals surface area contributed by atoms with Crippen molar-refractivity contribution in [1.29, 1.82) is 0 Å². The molecule has 4 heterocycles. The van der Waals surface area contributed by atoms with Crippen molar-refractivity contribution in [3.05, 3.63) is 131 Å². The van der Waals surface area contributed by atoms with E-state index in [4.69, 9.17) is 47.7 Å². The SMILES string of the molecule is COc1cc(OC(F)(F)F)ccc1Oc1cc(C2C[C@@H]2C)ncc1C(=O)Cl.COc1cc(OC(F)(F)F)ccc1Oc1cc(C2C[C@@H]2C)ncc1C(=O)Nc1ccnc(C(N)=O)c1.NC(=O)c1cc(N)ccn1. The Hall–Kier alpha value is -8.41. The highest BCUT2D eigenvalue weighted by Crippen LogP contribution is 2.49. The minimum absolute atomic E-state index is 0.00266. The lowest BCUT2D eigenvalue weighted by molar-refractivity contribution is -0.275. The van der Waals surface area contributed by atoms with Gasteiger partial charge in [0.1, 0.15) is 39.9 Å². The number of nitrogens with one attached hydrogen (secondary N) is 1. The Balaban J connectivity index is 0.000000205. The molecule has 0 saturated heterocycles. The number of pyridine rings is 4. The van der Waals surface area contributed by atoms with Gasteiger partial charge in [-0.2, -0.15) is 0 Å². The number of ether oxygens (including phenoxy) is 6. The molecule has 8 rings (SSSR count). The molecule has 2 unspecified atom stereocenters. The van der Waals surface area contributed by atoms with Gasteiger partial charge in [0.15, 0.2) is 23.0 Å². The van der Waals surface area contributed by atoms with E-state index in [9.17, 15) is 45.5 Å². The largest absolute Gasteiger partial charge is 0.573 e. The highest BCUT2D eigenvalue weighted by Gasteiger charge is 2.38. The summed E-state index contributed by atoms with van der Waals surface area (Å²) >= 11 is 5.59. The Bertz CT molecular complexity index is 3020. The van der Waals surface area contributed by atoms with E-state index in [-0.39, 0.29) is 74.5 Å². The van der Waals surface area contributed by atoms with Crippen LogP contribution in [0, 0.1) is 11.8 Å². The lowest BCUT2D eigenvalue weighted by atomic mass is 10.1. The average Bonchev–Trinajstić information content (AvgIpc) is 4.25. The Labute approximate surface area is 416 Å². The summed E-state index contributed by atoms with van der Waals surface area (Å²) in [5.41, 5.74) is 18.0. The van der Waals surface area contributed by atoms with Gasteiger partial charge in [-0.15, -0.1) is 26.3 Å². The number of primary amides is 2. The molecule has 2 fully saturated rings. The molecule has 384 valence electrons. The molecule has 2 aliphatic rings. The Morgan fingerprint density at radius 2 is 1.04 bits per heavy atom. The van der Waals surface area contributed by atoms with E-state index < -0.39 is 47.2 Å². The zero-order chi connectivity index (χ0) is 53.4. The predicted molar refractivity (Wildman–Crippen MR) is 249 cm³/mol. The van der Waals surface area contributed by atoms with Crippen molar-refractivity contribution in [3.63, 3.8) is 0 Å². The van der Waals surface area contributed by atoms with Gasteiger partial charge in [0.05, 0.1) is 19.8 Å².